The summed E-state index contributed by atoms with van der Waals surface area (Å²) in [6.45, 7) is 6.62. The van der Waals surface area contributed by atoms with Gasteiger partial charge in [-0.15, -0.1) is 0 Å². The van der Waals surface area contributed by atoms with Crippen molar-refractivity contribution >= 4 is 17.5 Å². The van der Waals surface area contributed by atoms with Crippen LogP contribution in [-0.4, -0.2) is 23.4 Å². The third-order valence-electron chi connectivity index (χ3n) is 2.58. The smallest absolute Gasteiger partial charge is 0.163 e. The summed E-state index contributed by atoms with van der Waals surface area (Å²) in [7, 11) is 0. The first kappa shape index (κ1) is 14.1. The molecule has 2 nitrogen and oxygen atoms in total. The molecule has 0 aliphatic rings. The minimum Gasteiger partial charge on any atom is -0.492 e. The van der Waals surface area contributed by atoms with Gasteiger partial charge in [0.2, 0.25) is 0 Å². The van der Waals surface area contributed by atoms with Crippen molar-refractivity contribution in [1.29, 1.82) is 0 Å². The van der Waals surface area contributed by atoms with Crippen molar-refractivity contribution in [3.05, 3.63) is 29.8 Å². The van der Waals surface area contributed by atoms with Crippen molar-refractivity contribution in [2.45, 2.75) is 32.4 Å². The Balaban J connectivity index is 2.44. The molecule has 0 amide bonds. The van der Waals surface area contributed by atoms with Gasteiger partial charge in [-0.3, -0.25) is 4.79 Å². The predicted molar refractivity (Wildman–Crippen MR) is 74.2 cm³/mol. The fraction of sp³-hybridized carbons (Fsp3) is 0.500. The maximum atomic E-state index is 11.4. The number of ketones is 1. The van der Waals surface area contributed by atoms with E-state index in [4.69, 9.17) is 4.74 Å². The molecule has 0 bridgehead atoms. The molecule has 0 spiro atoms. The van der Waals surface area contributed by atoms with E-state index in [2.05, 4.69) is 13.8 Å². The number of carbonyl (C=O) groups excluding carboxylic acids is 1. The highest BCUT2D eigenvalue weighted by molar-refractivity contribution is 7.99. The summed E-state index contributed by atoms with van der Waals surface area (Å²) < 4.78 is 5.65. The summed E-state index contributed by atoms with van der Waals surface area (Å²) in [4.78, 5) is 11.4. The number of hydrogen-bond acceptors (Lipinski definition) is 3. The lowest BCUT2D eigenvalue weighted by Gasteiger charge is -2.11. The molecule has 0 saturated heterocycles. The quantitative estimate of drug-likeness (QED) is 0.545. The zero-order valence-electron chi connectivity index (χ0n) is 10.7. The first-order valence-electron chi connectivity index (χ1n) is 5.99. The van der Waals surface area contributed by atoms with Gasteiger partial charge in [0.15, 0.2) is 5.78 Å². The Morgan fingerprint density at radius 2 is 2.12 bits per heavy atom. The summed E-state index contributed by atoms with van der Waals surface area (Å²) >= 11 is 1.90. The molecule has 1 rings (SSSR count). The molecule has 1 aromatic carbocycles. The molecular formula is C14H20O2S. The van der Waals surface area contributed by atoms with Crippen LogP contribution in [0.15, 0.2) is 24.3 Å². The number of ether oxygens (including phenoxy) is 1. The van der Waals surface area contributed by atoms with Crippen LogP contribution in [0.25, 0.3) is 0 Å². The van der Waals surface area contributed by atoms with E-state index in [1.807, 2.05) is 30.0 Å². The van der Waals surface area contributed by atoms with Crippen molar-refractivity contribution in [3.63, 3.8) is 0 Å². The van der Waals surface area contributed by atoms with Gasteiger partial charge in [0.05, 0.1) is 12.2 Å². The summed E-state index contributed by atoms with van der Waals surface area (Å²) in [5.74, 6) is 1.71. The summed E-state index contributed by atoms with van der Waals surface area (Å²) in [6, 6.07) is 7.41. The standard InChI is InChI=1S/C14H20O2S/c1-4-11(2)17-10-9-16-14-8-6-5-7-13(14)12(3)15/h5-8,11H,4,9-10H2,1-3H3. The molecule has 1 atom stereocenters. The van der Waals surface area contributed by atoms with Crippen LogP contribution >= 0.6 is 11.8 Å². The molecular weight excluding hydrogens is 232 g/mol. The van der Waals surface area contributed by atoms with Gasteiger partial charge in [-0.25, -0.2) is 0 Å². The summed E-state index contributed by atoms with van der Waals surface area (Å²) in [5, 5.41) is 0.668. The third-order valence-corrected chi connectivity index (χ3v) is 3.89. The molecule has 3 heteroatoms. The Morgan fingerprint density at radius 3 is 2.76 bits per heavy atom. The van der Waals surface area contributed by atoms with Gasteiger partial charge < -0.3 is 4.74 Å². The van der Waals surface area contributed by atoms with Crippen LogP contribution < -0.4 is 4.74 Å². The fourth-order valence-electron chi connectivity index (χ4n) is 1.40. The molecule has 0 aromatic heterocycles. The molecule has 0 aliphatic carbocycles. The van der Waals surface area contributed by atoms with E-state index in [1.165, 1.54) is 6.42 Å². The molecule has 0 heterocycles. The Hall–Kier alpha value is -0.960. The van der Waals surface area contributed by atoms with Gasteiger partial charge in [0, 0.05) is 11.0 Å². The SMILES string of the molecule is CCC(C)SCCOc1ccccc1C(C)=O. The van der Waals surface area contributed by atoms with Crippen LogP contribution in [0.1, 0.15) is 37.6 Å². The molecule has 17 heavy (non-hydrogen) atoms. The topological polar surface area (TPSA) is 26.3 Å². The number of benzene rings is 1. The van der Waals surface area contributed by atoms with E-state index in [0.29, 0.717) is 23.2 Å². The highest BCUT2D eigenvalue weighted by atomic mass is 32.2. The zero-order chi connectivity index (χ0) is 12.7. The zero-order valence-corrected chi connectivity index (χ0v) is 11.5. The first-order chi connectivity index (χ1) is 8.15. The molecule has 94 valence electrons. The second-order valence-corrected chi connectivity index (χ2v) is 5.54. The molecule has 0 fully saturated rings. The summed E-state index contributed by atoms with van der Waals surface area (Å²) in [6.07, 6.45) is 1.18. The lowest BCUT2D eigenvalue weighted by Crippen LogP contribution is -2.06. The van der Waals surface area contributed by atoms with E-state index in [0.717, 1.165) is 5.75 Å². The normalized spacial score (nSPS) is 12.2. The van der Waals surface area contributed by atoms with Gasteiger partial charge in [0.1, 0.15) is 5.75 Å². The van der Waals surface area contributed by atoms with E-state index in [9.17, 15) is 4.79 Å². The van der Waals surface area contributed by atoms with E-state index in [-0.39, 0.29) is 5.78 Å². The average Bonchev–Trinajstić information content (AvgIpc) is 2.34. The van der Waals surface area contributed by atoms with E-state index >= 15 is 0 Å². The monoisotopic (exact) mass is 252 g/mol. The molecule has 0 aliphatic heterocycles. The van der Waals surface area contributed by atoms with Gasteiger partial charge in [-0.2, -0.15) is 11.8 Å². The molecule has 0 N–H and O–H groups in total. The van der Waals surface area contributed by atoms with E-state index in [1.54, 1.807) is 13.0 Å². The Morgan fingerprint density at radius 1 is 1.41 bits per heavy atom. The van der Waals surface area contributed by atoms with E-state index < -0.39 is 0 Å². The molecule has 1 unspecified atom stereocenters. The predicted octanol–water partition coefficient (Wildman–Crippen LogP) is 3.80. The molecule has 0 saturated carbocycles. The third kappa shape index (κ3) is 4.82. The number of Topliss-reactive ketones (excluding diaryl/α,β-unsaturated/α-hetero) is 1. The van der Waals surface area contributed by atoms with Crippen LogP contribution in [0.3, 0.4) is 0 Å². The van der Waals surface area contributed by atoms with Crippen LogP contribution in [0.2, 0.25) is 0 Å². The second kappa shape index (κ2) is 7.38. The summed E-state index contributed by atoms with van der Waals surface area (Å²) in [5.41, 5.74) is 0.668. The molecule has 1 aromatic rings. The van der Waals surface area contributed by atoms with Crippen molar-refractivity contribution < 1.29 is 9.53 Å². The minimum absolute atomic E-state index is 0.0511. The lowest BCUT2D eigenvalue weighted by atomic mass is 10.1. The van der Waals surface area contributed by atoms with Crippen molar-refractivity contribution in [2.24, 2.45) is 0 Å². The fourth-order valence-corrected chi connectivity index (χ4v) is 2.22. The number of para-hydroxylation sites is 1. The first-order valence-corrected chi connectivity index (χ1v) is 7.04. The van der Waals surface area contributed by atoms with Crippen LogP contribution in [0.4, 0.5) is 0 Å². The number of thioether (sulfide) groups is 1. The van der Waals surface area contributed by atoms with Gasteiger partial charge in [0.25, 0.3) is 0 Å². The van der Waals surface area contributed by atoms with Gasteiger partial charge in [-0.1, -0.05) is 26.0 Å². The van der Waals surface area contributed by atoms with Crippen LogP contribution in [0.5, 0.6) is 5.75 Å². The van der Waals surface area contributed by atoms with Crippen LogP contribution in [0, 0.1) is 0 Å². The Bertz CT molecular complexity index is 363. The van der Waals surface area contributed by atoms with Gasteiger partial charge in [-0.05, 0) is 25.5 Å². The maximum absolute atomic E-state index is 11.4. The van der Waals surface area contributed by atoms with Crippen molar-refractivity contribution in [1.82, 2.24) is 0 Å². The Kier molecular flexibility index (Phi) is 6.12. The minimum atomic E-state index is 0.0511. The van der Waals surface area contributed by atoms with Crippen LogP contribution in [-0.2, 0) is 0 Å². The lowest BCUT2D eigenvalue weighted by molar-refractivity contribution is 0.101. The van der Waals surface area contributed by atoms with Crippen molar-refractivity contribution in [3.8, 4) is 5.75 Å². The number of rotatable bonds is 7. The maximum Gasteiger partial charge on any atom is 0.163 e. The highest BCUT2D eigenvalue weighted by Crippen LogP contribution is 2.19. The Labute approximate surface area is 108 Å². The van der Waals surface area contributed by atoms with Crippen molar-refractivity contribution in [2.75, 3.05) is 12.4 Å². The molecule has 0 radical (unpaired) electrons. The number of hydrogen-bond donors (Lipinski definition) is 0. The largest absolute Gasteiger partial charge is 0.492 e. The number of carbonyl (C=O) groups is 1. The second-order valence-electron chi connectivity index (χ2n) is 3.99. The van der Waals surface area contributed by atoms with Gasteiger partial charge >= 0.3 is 0 Å². The average molecular weight is 252 g/mol. The highest BCUT2D eigenvalue weighted by Gasteiger charge is 2.07.